The number of carboxylic acids is 2. The molecule has 1 saturated heterocycles. The van der Waals surface area contributed by atoms with E-state index in [2.05, 4.69) is 47.2 Å². The van der Waals surface area contributed by atoms with Crippen LogP contribution in [0.15, 0.2) is 36.8 Å². The predicted octanol–water partition coefficient (Wildman–Crippen LogP) is -1.94. The van der Waals surface area contributed by atoms with Crippen molar-refractivity contribution in [3.05, 3.63) is 48.0 Å². The van der Waals surface area contributed by atoms with Gasteiger partial charge < -0.3 is 73.9 Å². The lowest BCUT2D eigenvalue weighted by molar-refractivity contribution is -0.142. The maximum atomic E-state index is 14.5. The summed E-state index contributed by atoms with van der Waals surface area (Å²) in [5.74, 6) is -9.14. The monoisotopic (exact) mass is 984 g/mol. The van der Waals surface area contributed by atoms with Gasteiger partial charge in [-0.05, 0) is 61.6 Å². The number of hydrogen-bond donors (Lipinski definition) is 14. The van der Waals surface area contributed by atoms with Crippen LogP contribution in [-0.2, 0) is 56.0 Å². The summed E-state index contributed by atoms with van der Waals surface area (Å²) in [4.78, 5) is 128. The molecule has 1 aliphatic rings. The van der Waals surface area contributed by atoms with Crippen molar-refractivity contribution in [2.75, 3.05) is 19.6 Å². The number of guanidine groups is 1. The molecule has 3 rings (SSSR count). The number of aromatic nitrogens is 2. The van der Waals surface area contributed by atoms with Gasteiger partial charge in [0, 0.05) is 45.1 Å². The molecule has 0 unspecified atom stereocenters. The fraction of sp³-hybridized carbons (Fsp3) is 0.578. The number of carbonyl (C=O) groups excluding carboxylic acids is 7. The van der Waals surface area contributed by atoms with Crippen molar-refractivity contribution in [2.24, 2.45) is 23.3 Å². The highest BCUT2D eigenvalue weighted by Gasteiger charge is 2.40. The van der Waals surface area contributed by atoms with E-state index < -0.39 is 114 Å². The van der Waals surface area contributed by atoms with Crippen LogP contribution in [0.1, 0.15) is 90.3 Å². The van der Waals surface area contributed by atoms with Crippen LogP contribution in [0.5, 0.6) is 5.75 Å². The molecule has 16 N–H and O–H groups in total. The number of likely N-dealkylation sites (tertiary alicyclic amines) is 1. The molecule has 1 aromatic carbocycles. The summed E-state index contributed by atoms with van der Waals surface area (Å²) in [5, 5.41) is 54.1. The van der Waals surface area contributed by atoms with Gasteiger partial charge in [-0.25, -0.2) is 4.98 Å². The average molecular weight is 984 g/mol. The van der Waals surface area contributed by atoms with E-state index in [0.29, 0.717) is 30.5 Å². The van der Waals surface area contributed by atoms with E-state index in [1.807, 2.05) is 0 Å². The van der Waals surface area contributed by atoms with Crippen LogP contribution in [-0.4, -0.2) is 151 Å². The highest BCUT2D eigenvalue weighted by molar-refractivity contribution is 5.98. The number of carboxylic acid groups (broad SMARTS) is 2. The SMILES string of the molecule is CC[C@H](C)[C@H](NC(=O)[C@H](Cc1ccc(O)cc1)NC(=O)[C@@H](NC(=O)[C@H](CCCNC(=N)N)NC(=O)[C@@H](N)CC(=O)O)C(C)C)C(=O)N[C@@H](Cc1c[nH]cn1)C(=O)N1CCC[C@H]1C(=O)NCCCC(=O)O. The normalized spacial score (nSPS) is 16.3. The molecule has 386 valence electrons. The topological polar surface area (TPSA) is 406 Å². The fourth-order valence-electron chi connectivity index (χ4n) is 7.59. The van der Waals surface area contributed by atoms with Gasteiger partial charge in [-0.3, -0.25) is 48.6 Å². The number of rotatable bonds is 29. The van der Waals surface area contributed by atoms with E-state index in [0.717, 1.165) is 0 Å². The van der Waals surface area contributed by atoms with Gasteiger partial charge in [-0.1, -0.05) is 46.2 Å². The maximum Gasteiger partial charge on any atom is 0.305 e. The number of imidazole rings is 1. The van der Waals surface area contributed by atoms with Crippen LogP contribution in [0.25, 0.3) is 0 Å². The fourth-order valence-corrected chi connectivity index (χ4v) is 7.59. The molecule has 70 heavy (non-hydrogen) atoms. The minimum Gasteiger partial charge on any atom is -0.508 e. The summed E-state index contributed by atoms with van der Waals surface area (Å²) in [6, 6.07) is -3.17. The van der Waals surface area contributed by atoms with Crippen LogP contribution in [0, 0.1) is 17.2 Å². The first-order chi connectivity index (χ1) is 33.1. The number of aromatic hydroxyl groups is 1. The number of nitrogens with zero attached hydrogens (tertiary/aromatic N) is 2. The van der Waals surface area contributed by atoms with Gasteiger partial charge in [-0.2, -0.15) is 0 Å². The Labute approximate surface area is 405 Å². The van der Waals surface area contributed by atoms with Crippen LogP contribution >= 0.6 is 0 Å². The third-order valence-corrected chi connectivity index (χ3v) is 11.7. The van der Waals surface area contributed by atoms with Gasteiger partial charge in [-0.15, -0.1) is 0 Å². The Morgan fingerprint density at radius 2 is 1.41 bits per heavy atom. The molecule has 0 spiro atoms. The Morgan fingerprint density at radius 1 is 0.800 bits per heavy atom. The average Bonchev–Trinajstić information content (AvgIpc) is 4.02. The van der Waals surface area contributed by atoms with E-state index in [1.54, 1.807) is 33.9 Å². The van der Waals surface area contributed by atoms with Gasteiger partial charge in [0.2, 0.25) is 41.4 Å². The van der Waals surface area contributed by atoms with E-state index in [-0.39, 0.29) is 69.9 Å². The van der Waals surface area contributed by atoms with Gasteiger partial charge in [0.25, 0.3) is 0 Å². The lowest BCUT2D eigenvalue weighted by atomic mass is 9.96. The third kappa shape index (κ3) is 18.6. The molecule has 7 amide bonds. The number of hydrogen-bond acceptors (Lipinski definition) is 13. The minimum absolute atomic E-state index is 0.0483. The van der Waals surface area contributed by atoms with Crippen molar-refractivity contribution in [3.63, 3.8) is 0 Å². The smallest absolute Gasteiger partial charge is 0.305 e. The summed E-state index contributed by atoms with van der Waals surface area (Å²) >= 11 is 0. The third-order valence-electron chi connectivity index (χ3n) is 11.7. The molecule has 2 aromatic rings. The number of amides is 7. The number of H-pyrrole nitrogens is 1. The molecule has 0 aliphatic carbocycles. The molecule has 8 atom stereocenters. The van der Waals surface area contributed by atoms with Crippen LogP contribution in [0.3, 0.4) is 0 Å². The number of nitrogens with one attached hydrogen (secondary N) is 9. The van der Waals surface area contributed by atoms with Crippen molar-refractivity contribution in [3.8, 4) is 5.75 Å². The van der Waals surface area contributed by atoms with Gasteiger partial charge in [0.1, 0.15) is 42.0 Å². The van der Waals surface area contributed by atoms with Crippen LogP contribution in [0.4, 0.5) is 0 Å². The Hall–Kier alpha value is -7.31. The lowest BCUT2D eigenvalue weighted by Gasteiger charge is -2.31. The summed E-state index contributed by atoms with van der Waals surface area (Å²) in [6.45, 7) is 7.16. The summed E-state index contributed by atoms with van der Waals surface area (Å²) in [6.07, 6.45) is 3.34. The number of aromatic amines is 1. The lowest BCUT2D eigenvalue weighted by Crippen LogP contribution is -2.62. The second kappa shape index (κ2) is 28.2. The van der Waals surface area contributed by atoms with Crippen molar-refractivity contribution in [1.29, 1.82) is 5.41 Å². The first-order valence-corrected chi connectivity index (χ1v) is 23.2. The summed E-state index contributed by atoms with van der Waals surface area (Å²) in [7, 11) is 0. The van der Waals surface area contributed by atoms with Gasteiger partial charge in [0.05, 0.1) is 24.5 Å². The van der Waals surface area contributed by atoms with E-state index in [4.69, 9.17) is 27.1 Å². The Kier molecular flexibility index (Phi) is 23.0. The minimum atomic E-state index is -1.50. The molecule has 25 nitrogen and oxygen atoms in total. The molecular formula is C45H69N13O12. The number of phenolic OH excluding ortho intramolecular Hbond substituents is 1. The molecule has 1 aliphatic heterocycles. The molecule has 1 fully saturated rings. The number of benzene rings is 1. The Balaban J connectivity index is 1.90. The second-order valence-corrected chi connectivity index (χ2v) is 17.6. The van der Waals surface area contributed by atoms with Gasteiger partial charge >= 0.3 is 11.9 Å². The first-order valence-electron chi connectivity index (χ1n) is 23.2. The number of carbonyl (C=O) groups is 9. The van der Waals surface area contributed by atoms with E-state index in [9.17, 15) is 48.3 Å². The van der Waals surface area contributed by atoms with E-state index >= 15 is 0 Å². The molecule has 1 aromatic heterocycles. The van der Waals surface area contributed by atoms with E-state index in [1.165, 1.54) is 35.5 Å². The molecule has 0 bridgehead atoms. The largest absolute Gasteiger partial charge is 0.508 e. The molecule has 0 radical (unpaired) electrons. The van der Waals surface area contributed by atoms with Crippen LogP contribution < -0.4 is 48.7 Å². The molecular weight excluding hydrogens is 915 g/mol. The molecule has 2 heterocycles. The quantitative estimate of drug-likeness (QED) is 0.0240. The highest BCUT2D eigenvalue weighted by atomic mass is 16.4. The second-order valence-electron chi connectivity index (χ2n) is 17.6. The zero-order chi connectivity index (χ0) is 52.1. The molecule has 0 saturated carbocycles. The maximum absolute atomic E-state index is 14.5. The molecule has 25 heteroatoms. The number of phenols is 1. The van der Waals surface area contributed by atoms with Crippen molar-refractivity contribution in [2.45, 2.75) is 134 Å². The predicted molar refractivity (Wildman–Crippen MR) is 252 cm³/mol. The standard InChI is InChI=1S/C45H69N13O12/c1-5-25(4)37(43(69)55-32(20-27-22-49-23-52-27)44(70)58-18-8-10-33(58)41(67)50-16-7-11-34(60)61)57-40(66)31(19-26-12-14-28(59)15-13-26)54-42(68)36(24(2)3)56-39(65)30(9-6-17-51-45(47)48)53-38(64)29(46)21-35(62)63/h12-15,22-25,29-33,36-37,59H,5-11,16-21,46H2,1-4H3,(H,49,52)(H,50,67)(H,53,64)(H,54,68)(H,55,69)(H,56,65)(H,57,66)(H,60,61)(H,62,63)(H4,47,48,51)/t25-,29-,30-,31-,32-,33-,36-,37-/m0/s1. The number of aliphatic carboxylic acids is 2. The highest BCUT2D eigenvalue weighted by Crippen LogP contribution is 2.21. The zero-order valence-corrected chi connectivity index (χ0v) is 39.9. The van der Waals surface area contributed by atoms with Crippen molar-refractivity contribution in [1.82, 2.24) is 52.1 Å². The van der Waals surface area contributed by atoms with Crippen molar-refractivity contribution < 1.29 is 58.5 Å². The Morgan fingerprint density at radius 3 is 2.01 bits per heavy atom. The summed E-state index contributed by atoms with van der Waals surface area (Å²) < 4.78 is 0. The Bertz CT molecular complexity index is 2120. The zero-order valence-electron chi connectivity index (χ0n) is 39.9. The van der Waals surface area contributed by atoms with Crippen LogP contribution in [0.2, 0.25) is 0 Å². The van der Waals surface area contributed by atoms with Crippen molar-refractivity contribution >= 4 is 59.2 Å². The summed E-state index contributed by atoms with van der Waals surface area (Å²) in [5.41, 5.74) is 12.0. The first kappa shape index (κ1) is 57.0. The number of nitrogens with two attached hydrogens (primary N) is 2. The van der Waals surface area contributed by atoms with Gasteiger partial charge in [0.15, 0.2) is 5.96 Å².